The Kier molecular flexibility index (Phi) is 3.94. The topological polar surface area (TPSA) is 56.5 Å². The van der Waals surface area contributed by atoms with Crippen LogP contribution < -0.4 is 20.5 Å². The maximum atomic E-state index is 5.84. The van der Waals surface area contributed by atoms with Crippen molar-refractivity contribution >= 4 is 22.7 Å². The lowest BCUT2D eigenvalue weighted by molar-refractivity contribution is 0.395. The van der Waals surface area contributed by atoms with Crippen LogP contribution >= 0.6 is 11.3 Å². The van der Waals surface area contributed by atoms with Crippen LogP contribution in [0.1, 0.15) is 4.88 Å². The van der Waals surface area contributed by atoms with Crippen LogP contribution in [0.5, 0.6) is 11.5 Å². The molecule has 2 rings (SSSR count). The predicted molar refractivity (Wildman–Crippen MR) is 75.6 cm³/mol. The summed E-state index contributed by atoms with van der Waals surface area (Å²) >= 11 is 1.64. The molecule has 0 spiro atoms. The van der Waals surface area contributed by atoms with Crippen molar-refractivity contribution in [2.24, 2.45) is 0 Å². The third-order valence-corrected chi connectivity index (χ3v) is 3.56. The fourth-order valence-corrected chi connectivity index (χ4v) is 2.35. The van der Waals surface area contributed by atoms with E-state index in [1.807, 2.05) is 29.6 Å². The third kappa shape index (κ3) is 2.68. The van der Waals surface area contributed by atoms with Crippen molar-refractivity contribution in [2.45, 2.75) is 6.54 Å². The summed E-state index contributed by atoms with van der Waals surface area (Å²) in [6.07, 6.45) is 0. The van der Waals surface area contributed by atoms with Crippen LogP contribution in [0.15, 0.2) is 29.6 Å². The van der Waals surface area contributed by atoms with Gasteiger partial charge in [-0.25, -0.2) is 0 Å². The molecule has 2 aromatic rings. The van der Waals surface area contributed by atoms with Crippen molar-refractivity contribution in [3.8, 4) is 11.5 Å². The van der Waals surface area contributed by atoms with E-state index in [0.29, 0.717) is 6.54 Å². The summed E-state index contributed by atoms with van der Waals surface area (Å²) in [5, 5.41) is 5.29. The predicted octanol–water partition coefficient (Wildman–Crippen LogP) is 2.96. The van der Waals surface area contributed by atoms with Crippen LogP contribution in [-0.2, 0) is 6.54 Å². The van der Waals surface area contributed by atoms with Crippen LogP contribution in [0.4, 0.5) is 11.4 Å². The summed E-state index contributed by atoms with van der Waals surface area (Å²) in [5.74, 6) is 1.53. The van der Waals surface area contributed by atoms with Crippen molar-refractivity contribution < 1.29 is 9.47 Å². The molecule has 0 bridgehead atoms. The average Bonchev–Trinajstić information content (AvgIpc) is 2.81. The number of anilines is 2. The van der Waals surface area contributed by atoms with Gasteiger partial charge in [0.1, 0.15) is 11.5 Å². The molecule has 4 nitrogen and oxygen atoms in total. The van der Waals surface area contributed by atoms with Gasteiger partial charge >= 0.3 is 0 Å². The van der Waals surface area contributed by atoms with Crippen LogP contribution in [0, 0.1) is 0 Å². The fourth-order valence-electron chi connectivity index (χ4n) is 1.61. The summed E-state index contributed by atoms with van der Waals surface area (Å²) in [4.78, 5) is 1.12. The zero-order valence-corrected chi connectivity index (χ0v) is 11.2. The molecule has 0 aliphatic carbocycles. The summed E-state index contributed by atoms with van der Waals surface area (Å²) in [7, 11) is 3.27. The SMILES string of the molecule is COc1ccc(NCc2sccc2N)c(OC)c1. The number of benzene rings is 1. The van der Waals surface area contributed by atoms with Gasteiger partial charge in [0.2, 0.25) is 0 Å². The minimum atomic E-state index is 0.687. The van der Waals surface area contributed by atoms with Gasteiger partial charge in [-0.3, -0.25) is 0 Å². The van der Waals surface area contributed by atoms with E-state index >= 15 is 0 Å². The van der Waals surface area contributed by atoms with Gasteiger partial charge in [0.15, 0.2) is 0 Å². The summed E-state index contributed by atoms with van der Waals surface area (Å²) < 4.78 is 10.5. The van der Waals surface area contributed by atoms with E-state index in [1.165, 1.54) is 0 Å². The van der Waals surface area contributed by atoms with Crippen LogP contribution in [0.25, 0.3) is 0 Å². The maximum absolute atomic E-state index is 5.84. The van der Waals surface area contributed by atoms with Gasteiger partial charge in [-0.15, -0.1) is 11.3 Å². The number of hydrogen-bond donors (Lipinski definition) is 2. The molecule has 0 amide bonds. The van der Waals surface area contributed by atoms with Gasteiger partial charge in [-0.05, 0) is 23.6 Å². The molecule has 0 saturated carbocycles. The first-order valence-corrected chi connectivity index (χ1v) is 6.40. The minimum absolute atomic E-state index is 0.687. The molecule has 0 radical (unpaired) electrons. The number of nitrogens with one attached hydrogen (secondary N) is 1. The zero-order chi connectivity index (χ0) is 13.0. The number of thiophene rings is 1. The Morgan fingerprint density at radius 1 is 1.22 bits per heavy atom. The Hall–Kier alpha value is -1.88. The van der Waals surface area contributed by atoms with E-state index in [4.69, 9.17) is 15.2 Å². The number of nitrogens with two attached hydrogens (primary N) is 1. The van der Waals surface area contributed by atoms with E-state index in [1.54, 1.807) is 25.6 Å². The first-order valence-electron chi connectivity index (χ1n) is 5.52. The third-order valence-electron chi connectivity index (χ3n) is 2.63. The minimum Gasteiger partial charge on any atom is -0.497 e. The van der Waals surface area contributed by atoms with Crippen molar-refractivity contribution in [3.63, 3.8) is 0 Å². The van der Waals surface area contributed by atoms with Gasteiger partial charge in [0, 0.05) is 16.6 Å². The standard InChI is InChI=1S/C13H16N2O2S/c1-16-9-3-4-11(12(7-9)17-2)15-8-13-10(14)5-6-18-13/h3-7,15H,8,14H2,1-2H3. The number of methoxy groups -OCH3 is 2. The summed E-state index contributed by atoms with van der Waals surface area (Å²) in [5.41, 5.74) is 7.58. The molecule has 1 aromatic heterocycles. The largest absolute Gasteiger partial charge is 0.497 e. The highest BCUT2D eigenvalue weighted by Crippen LogP contribution is 2.30. The van der Waals surface area contributed by atoms with Crippen molar-refractivity contribution in [1.29, 1.82) is 0 Å². The second-order valence-electron chi connectivity index (χ2n) is 3.72. The van der Waals surface area contributed by atoms with Crippen LogP contribution in [0.2, 0.25) is 0 Å². The molecule has 1 aromatic carbocycles. The molecule has 0 saturated heterocycles. The number of ether oxygens (including phenoxy) is 2. The Morgan fingerprint density at radius 2 is 2.06 bits per heavy atom. The summed E-state index contributed by atoms with van der Waals surface area (Å²) in [6, 6.07) is 7.58. The molecule has 3 N–H and O–H groups in total. The van der Waals surface area contributed by atoms with Crippen LogP contribution in [-0.4, -0.2) is 14.2 Å². The lowest BCUT2D eigenvalue weighted by atomic mass is 10.2. The monoisotopic (exact) mass is 264 g/mol. The van der Waals surface area contributed by atoms with E-state index in [-0.39, 0.29) is 0 Å². The molecular weight excluding hydrogens is 248 g/mol. The Labute approximate surface area is 110 Å². The lowest BCUT2D eigenvalue weighted by Crippen LogP contribution is -2.02. The van der Waals surface area contributed by atoms with E-state index < -0.39 is 0 Å². The van der Waals surface area contributed by atoms with Gasteiger partial charge < -0.3 is 20.5 Å². The normalized spacial score (nSPS) is 10.1. The maximum Gasteiger partial charge on any atom is 0.145 e. The van der Waals surface area contributed by atoms with E-state index in [9.17, 15) is 0 Å². The fraction of sp³-hybridized carbons (Fsp3) is 0.231. The van der Waals surface area contributed by atoms with Gasteiger partial charge in [0.05, 0.1) is 26.5 Å². The highest BCUT2D eigenvalue weighted by Gasteiger charge is 2.06. The molecule has 1 heterocycles. The Balaban J connectivity index is 2.11. The molecule has 0 fully saturated rings. The van der Waals surface area contributed by atoms with Crippen molar-refractivity contribution in [3.05, 3.63) is 34.5 Å². The molecule has 5 heteroatoms. The van der Waals surface area contributed by atoms with Gasteiger partial charge in [-0.2, -0.15) is 0 Å². The Bertz CT molecular complexity index is 525. The number of rotatable bonds is 5. The van der Waals surface area contributed by atoms with E-state index in [2.05, 4.69) is 5.32 Å². The second kappa shape index (κ2) is 5.64. The average molecular weight is 264 g/mol. The molecule has 0 aliphatic heterocycles. The number of nitrogen functional groups attached to an aromatic ring is 1. The van der Waals surface area contributed by atoms with Crippen LogP contribution in [0.3, 0.4) is 0 Å². The number of hydrogen-bond acceptors (Lipinski definition) is 5. The highest BCUT2D eigenvalue weighted by atomic mass is 32.1. The van der Waals surface area contributed by atoms with Crippen molar-refractivity contribution in [1.82, 2.24) is 0 Å². The van der Waals surface area contributed by atoms with E-state index in [0.717, 1.165) is 27.8 Å². The highest BCUT2D eigenvalue weighted by molar-refractivity contribution is 7.10. The van der Waals surface area contributed by atoms with Crippen molar-refractivity contribution in [2.75, 3.05) is 25.3 Å². The molecule has 96 valence electrons. The first-order chi connectivity index (χ1) is 8.74. The lowest BCUT2D eigenvalue weighted by Gasteiger charge is -2.12. The second-order valence-corrected chi connectivity index (χ2v) is 4.72. The first kappa shape index (κ1) is 12.6. The zero-order valence-electron chi connectivity index (χ0n) is 10.4. The summed E-state index contributed by atoms with van der Waals surface area (Å²) in [6.45, 7) is 0.687. The molecule has 0 unspecified atom stereocenters. The molecular formula is C13H16N2O2S. The molecule has 0 atom stereocenters. The smallest absolute Gasteiger partial charge is 0.145 e. The molecule has 18 heavy (non-hydrogen) atoms. The molecule has 0 aliphatic rings. The quantitative estimate of drug-likeness (QED) is 0.871. The van der Waals surface area contributed by atoms with Gasteiger partial charge in [-0.1, -0.05) is 0 Å². The Morgan fingerprint density at radius 3 is 2.67 bits per heavy atom. The van der Waals surface area contributed by atoms with Gasteiger partial charge in [0.25, 0.3) is 0 Å².